The number of hydrogen-bond acceptors (Lipinski definition) is 6. The molecule has 0 radical (unpaired) electrons. The number of likely N-dealkylation sites (N-methyl/N-ethyl adjacent to an activating group) is 1. The fourth-order valence-electron chi connectivity index (χ4n) is 4.72. The molecule has 1 atom stereocenters. The molecule has 2 aliphatic heterocycles. The largest absolute Gasteiger partial charge is 0.489 e. The van der Waals surface area contributed by atoms with Gasteiger partial charge in [-0.25, -0.2) is 9.67 Å². The van der Waals surface area contributed by atoms with Crippen LogP contribution in [0.25, 0.3) is 0 Å². The first-order chi connectivity index (χ1) is 18.8. The monoisotopic (exact) mass is 570 g/mol. The molecule has 1 fully saturated rings. The zero-order valence-corrected chi connectivity index (χ0v) is 22.9. The van der Waals surface area contributed by atoms with Crippen molar-refractivity contribution in [1.82, 2.24) is 25.0 Å². The highest BCUT2D eigenvalue weighted by Gasteiger charge is 2.32. The van der Waals surface area contributed by atoms with Gasteiger partial charge in [0.25, 0.3) is 11.8 Å². The summed E-state index contributed by atoms with van der Waals surface area (Å²) in [7, 11) is 1.63. The average molecular weight is 571 g/mol. The Morgan fingerprint density at radius 2 is 1.87 bits per heavy atom. The van der Waals surface area contributed by atoms with Crippen LogP contribution in [0.3, 0.4) is 0 Å². The van der Waals surface area contributed by atoms with E-state index in [9.17, 15) is 14.4 Å². The lowest BCUT2D eigenvalue weighted by molar-refractivity contribution is -0.130. The van der Waals surface area contributed by atoms with Gasteiger partial charge in [-0.05, 0) is 49.1 Å². The predicted molar refractivity (Wildman–Crippen MR) is 146 cm³/mol. The third-order valence-corrected chi connectivity index (χ3v) is 7.64. The van der Waals surface area contributed by atoms with Crippen LogP contribution in [-0.2, 0) is 22.6 Å². The lowest BCUT2D eigenvalue weighted by Crippen LogP contribution is -2.49. The van der Waals surface area contributed by atoms with Crippen LogP contribution in [0.5, 0.6) is 5.75 Å². The molecule has 0 bridgehead atoms. The van der Waals surface area contributed by atoms with Gasteiger partial charge in [-0.15, -0.1) is 5.10 Å². The van der Waals surface area contributed by atoms with E-state index in [0.29, 0.717) is 39.9 Å². The molecule has 3 heterocycles. The van der Waals surface area contributed by atoms with Crippen LogP contribution in [-0.4, -0.2) is 70.2 Å². The fraction of sp³-hybridized carbons (Fsp3) is 0.370. The number of amides is 3. The van der Waals surface area contributed by atoms with Crippen molar-refractivity contribution in [3.8, 4) is 5.75 Å². The maximum absolute atomic E-state index is 13.2. The third-order valence-electron chi connectivity index (χ3n) is 6.93. The quantitative estimate of drug-likeness (QED) is 0.466. The van der Waals surface area contributed by atoms with Gasteiger partial charge < -0.3 is 19.9 Å². The summed E-state index contributed by atoms with van der Waals surface area (Å²) in [5, 5.41) is 7.86. The summed E-state index contributed by atoms with van der Waals surface area (Å²) < 4.78 is 7.33. The number of halogens is 2. The molecule has 204 valence electrons. The van der Waals surface area contributed by atoms with Gasteiger partial charge in [-0.2, -0.15) is 0 Å². The SMILES string of the molecule is CN1C(=O)C(NC(=O)c2ncn(Cc3c(Cl)cccc3Cl)n2)COc2ccc(CCC(=O)N3CCCC3)cc21. The second kappa shape index (κ2) is 11.6. The Balaban J connectivity index is 1.22. The van der Waals surface area contributed by atoms with Gasteiger partial charge in [0.15, 0.2) is 0 Å². The zero-order valence-electron chi connectivity index (χ0n) is 21.4. The molecular formula is C27H28Cl2N6O4. The molecule has 2 aliphatic rings. The van der Waals surface area contributed by atoms with Crippen LogP contribution in [0.2, 0.25) is 10.0 Å². The number of rotatable bonds is 7. The molecule has 3 aromatic rings. The summed E-state index contributed by atoms with van der Waals surface area (Å²) in [4.78, 5) is 46.0. The number of aryl methyl sites for hydroxylation is 1. The van der Waals surface area contributed by atoms with Crippen LogP contribution >= 0.6 is 23.2 Å². The van der Waals surface area contributed by atoms with Gasteiger partial charge in [0.05, 0.1) is 12.2 Å². The van der Waals surface area contributed by atoms with Gasteiger partial charge in [0.1, 0.15) is 24.7 Å². The van der Waals surface area contributed by atoms with E-state index in [4.69, 9.17) is 27.9 Å². The molecule has 5 rings (SSSR count). The number of aromatic nitrogens is 3. The lowest BCUT2D eigenvalue weighted by atomic mass is 10.1. The van der Waals surface area contributed by atoms with E-state index in [0.717, 1.165) is 31.5 Å². The van der Waals surface area contributed by atoms with Gasteiger partial charge in [0.2, 0.25) is 11.7 Å². The number of ether oxygens (including phenoxy) is 1. The second-order valence-corrected chi connectivity index (χ2v) is 10.4. The van der Waals surface area contributed by atoms with Crippen molar-refractivity contribution in [3.05, 3.63) is 69.7 Å². The Labute approximate surface area is 235 Å². The molecule has 1 saturated heterocycles. The zero-order chi connectivity index (χ0) is 27.5. The highest BCUT2D eigenvalue weighted by molar-refractivity contribution is 6.36. The number of nitrogens with zero attached hydrogens (tertiary/aromatic N) is 5. The molecule has 0 spiro atoms. The molecule has 10 nitrogen and oxygen atoms in total. The molecule has 3 amide bonds. The Morgan fingerprint density at radius 1 is 1.13 bits per heavy atom. The van der Waals surface area contributed by atoms with Crippen molar-refractivity contribution in [1.29, 1.82) is 0 Å². The smallest absolute Gasteiger partial charge is 0.291 e. The number of fused-ring (bicyclic) bond motifs is 1. The van der Waals surface area contributed by atoms with Crippen LogP contribution in [0.15, 0.2) is 42.7 Å². The number of hydrogen-bond donors (Lipinski definition) is 1. The van der Waals surface area contributed by atoms with Crippen LogP contribution in [0.1, 0.15) is 41.0 Å². The van der Waals surface area contributed by atoms with Gasteiger partial charge in [-0.3, -0.25) is 14.4 Å². The van der Waals surface area contributed by atoms with Crippen LogP contribution in [0, 0.1) is 0 Å². The lowest BCUT2D eigenvalue weighted by Gasteiger charge is -2.20. The highest BCUT2D eigenvalue weighted by Crippen LogP contribution is 2.32. The molecular weight excluding hydrogens is 543 g/mol. The fourth-order valence-corrected chi connectivity index (χ4v) is 5.24. The van der Waals surface area contributed by atoms with Crippen molar-refractivity contribution >= 4 is 46.6 Å². The Kier molecular flexibility index (Phi) is 8.04. The van der Waals surface area contributed by atoms with E-state index in [1.54, 1.807) is 31.3 Å². The van der Waals surface area contributed by atoms with Crippen LogP contribution in [0.4, 0.5) is 5.69 Å². The van der Waals surface area contributed by atoms with E-state index >= 15 is 0 Å². The molecule has 39 heavy (non-hydrogen) atoms. The minimum Gasteiger partial charge on any atom is -0.489 e. The number of carbonyl (C=O) groups is 3. The highest BCUT2D eigenvalue weighted by atomic mass is 35.5. The molecule has 0 saturated carbocycles. The van der Waals surface area contributed by atoms with Crippen molar-refractivity contribution in [2.24, 2.45) is 0 Å². The van der Waals surface area contributed by atoms with E-state index < -0.39 is 11.9 Å². The Bertz CT molecular complexity index is 1380. The predicted octanol–water partition coefficient (Wildman–Crippen LogP) is 3.34. The second-order valence-electron chi connectivity index (χ2n) is 9.59. The number of anilines is 1. The maximum Gasteiger partial charge on any atom is 0.291 e. The van der Waals surface area contributed by atoms with E-state index in [1.807, 2.05) is 17.0 Å². The number of likely N-dealkylation sites (tertiary alicyclic amines) is 1. The minimum absolute atomic E-state index is 0.0509. The molecule has 1 N–H and O–H groups in total. The first kappa shape index (κ1) is 27.0. The summed E-state index contributed by atoms with van der Waals surface area (Å²) in [6.45, 7) is 1.83. The number of carbonyl (C=O) groups excluding carboxylic acids is 3. The van der Waals surface area contributed by atoms with Gasteiger partial charge in [-0.1, -0.05) is 35.3 Å². The van der Waals surface area contributed by atoms with Gasteiger partial charge in [0, 0.05) is 42.2 Å². The van der Waals surface area contributed by atoms with Crippen LogP contribution < -0.4 is 15.0 Å². The van der Waals surface area contributed by atoms with Crippen molar-refractivity contribution in [2.75, 3.05) is 31.6 Å². The summed E-state index contributed by atoms with van der Waals surface area (Å²) in [5.41, 5.74) is 2.17. The first-order valence-electron chi connectivity index (χ1n) is 12.7. The molecule has 1 unspecified atom stereocenters. The van der Waals surface area contributed by atoms with Gasteiger partial charge >= 0.3 is 0 Å². The third kappa shape index (κ3) is 6.02. The van der Waals surface area contributed by atoms with Crippen molar-refractivity contribution < 1.29 is 19.1 Å². The molecule has 1 aromatic heterocycles. The normalized spacial score (nSPS) is 17.0. The van der Waals surface area contributed by atoms with Crippen molar-refractivity contribution in [3.63, 3.8) is 0 Å². The molecule has 12 heteroatoms. The summed E-state index contributed by atoms with van der Waals surface area (Å²) >= 11 is 12.5. The molecule has 0 aliphatic carbocycles. The summed E-state index contributed by atoms with van der Waals surface area (Å²) in [5.74, 6) is -0.371. The molecule has 2 aromatic carbocycles. The average Bonchev–Trinajstić information content (AvgIpc) is 3.62. The van der Waals surface area contributed by atoms with E-state index in [2.05, 4.69) is 15.4 Å². The Hall–Kier alpha value is -3.63. The Morgan fingerprint density at radius 3 is 2.62 bits per heavy atom. The standard InChI is InChI=1S/C27H28Cl2N6O4/c1-33-22-13-17(8-10-24(36)34-11-2-3-12-34)7-9-23(22)39-15-21(27(33)38)31-26(37)25-30-16-35(32-25)14-18-19(28)5-4-6-20(18)29/h4-7,9,13,16,21H,2-3,8,10-12,14-15H2,1H3,(H,31,37). The minimum atomic E-state index is -0.944. The van der Waals surface area contributed by atoms with Crippen molar-refractivity contribution in [2.45, 2.75) is 38.3 Å². The summed E-state index contributed by atoms with van der Waals surface area (Å²) in [6, 6.07) is 9.79. The first-order valence-corrected chi connectivity index (χ1v) is 13.5. The topological polar surface area (TPSA) is 110 Å². The maximum atomic E-state index is 13.2. The van der Waals surface area contributed by atoms with E-state index in [1.165, 1.54) is 15.9 Å². The number of nitrogens with one attached hydrogen (secondary N) is 1. The van der Waals surface area contributed by atoms with E-state index in [-0.39, 0.29) is 30.8 Å². The number of benzene rings is 2. The summed E-state index contributed by atoms with van der Waals surface area (Å²) in [6.07, 6.45) is 4.50.